The molecule has 0 N–H and O–H groups in total. The topological polar surface area (TPSA) is 38.9 Å². The standard InChI is InChI=1S/C53H34N2O/c1-5-16-35(17-6-1)48-34-49(55-52(54-48)36-18-7-2-8-19-36)39-21-15-20-37(30-39)38-28-29-50-44(31-38)45-32-43-42-26-13-14-27-46(42)53(40-22-9-3-10-23-40,41-24-11-4-12-25-41)47(43)33-51(45)56-50/h1-34H. The summed E-state index contributed by atoms with van der Waals surface area (Å²) in [5, 5.41) is 2.21. The van der Waals surface area contributed by atoms with Gasteiger partial charge in [-0.3, -0.25) is 0 Å². The number of fused-ring (bicyclic) bond motifs is 6. The maximum Gasteiger partial charge on any atom is 0.160 e. The summed E-state index contributed by atoms with van der Waals surface area (Å²) in [4.78, 5) is 10.1. The maximum absolute atomic E-state index is 6.72. The molecule has 3 nitrogen and oxygen atoms in total. The van der Waals surface area contributed by atoms with Gasteiger partial charge < -0.3 is 4.42 Å². The average molecular weight is 715 g/mol. The van der Waals surface area contributed by atoms with E-state index in [0.717, 1.165) is 61.1 Å². The summed E-state index contributed by atoms with van der Waals surface area (Å²) in [6.07, 6.45) is 0. The molecule has 3 heteroatoms. The van der Waals surface area contributed by atoms with Crippen molar-refractivity contribution in [3.8, 4) is 56.2 Å². The van der Waals surface area contributed by atoms with E-state index >= 15 is 0 Å². The smallest absolute Gasteiger partial charge is 0.160 e. The number of aromatic nitrogens is 2. The average Bonchev–Trinajstić information content (AvgIpc) is 3.79. The van der Waals surface area contributed by atoms with E-state index in [2.05, 4.69) is 170 Å². The molecule has 11 rings (SSSR count). The molecule has 8 aromatic carbocycles. The number of furan rings is 1. The zero-order valence-electron chi connectivity index (χ0n) is 30.4. The molecule has 262 valence electrons. The highest BCUT2D eigenvalue weighted by atomic mass is 16.3. The number of rotatable bonds is 6. The quantitative estimate of drug-likeness (QED) is 0.172. The fourth-order valence-electron chi connectivity index (χ4n) is 8.82. The van der Waals surface area contributed by atoms with Gasteiger partial charge in [0.1, 0.15) is 11.2 Å². The van der Waals surface area contributed by atoms with Crippen LogP contribution < -0.4 is 0 Å². The molecule has 56 heavy (non-hydrogen) atoms. The van der Waals surface area contributed by atoms with Crippen LogP contribution in [0.2, 0.25) is 0 Å². The van der Waals surface area contributed by atoms with Gasteiger partial charge in [-0.2, -0.15) is 0 Å². The van der Waals surface area contributed by atoms with Gasteiger partial charge in [0, 0.05) is 27.5 Å². The fourth-order valence-corrected chi connectivity index (χ4v) is 8.82. The van der Waals surface area contributed by atoms with Gasteiger partial charge in [0.2, 0.25) is 0 Å². The minimum absolute atomic E-state index is 0.477. The maximum atomic E-state index is 6.72. The van der Waals surface area contributed by atoms with Crippen molar-refractivity contribution < 1.29 is 4.42 Å². The monoisotopic (exact) mass is 714 g/mol. The molecule has 0 saturated carbocycles. The SMILES string of the molecule is c1ccc(-c2cc(-c3cccc(-c4ccc5oc6cc7c(cc6c5c4)-c4ccccc4C7(c4ccccc4)c4ccccc4)c3)nc(-c3ccccc3)n2)cc1. The van der Waals surface area contributed by atoms with Gasteiger partial charge in [-0.05, 0) is 80.9 Å². The molecular formula is C53H34N2O. The molecule has 2 heterocycles. The third-order valence-electron chi connectivity index (χ3n) is 11.4. The summed E-state index contributed by atoms with van der Waals surface area (Å²) in [7, 11) is 0. The molecule has 1 aliphatic carbocycles. The highest BCUT2D eigenvalue weighted by molar-refractivity contribution is 6.09. The largest absolute Gasteiger partial charge is 0.456 e. The number of benzene rings is 8. The van der Waals surface area contributed by atoms with Gasteiger partial charge in [0.15, 0.2) is 5.82 Å². The Morgan fingerprint density at radius 2 is 0.893 bits per heavy atom. The second kappa shape index (κ2) is 12.9. The second-order valence-corrected chi connectivity index (χ2v) is 14.5. The Morgan fingerprint density at radius 3 is 1.61 bits per heavy atom. The summed E-state index contributed by atoms with van der Waals surface area (Å²) in [5.74, 6) is 0.705. The zero-order chi connectivity index (χ0) is 37.1. The van der Waals surface area contributed by atoms with Gasteiger partial charge in [-0.25, -0.2) is 9.97 Å². The van der Waals surface area contributed by atoms with Crippen LogP contribution in [0.25, 0.3) is 78.1 Å². The van der Waals surface area contributed by atoms with Crippen molar-refractivity contribution in [1.29, 1.82) is 0 Å². The summed E-state index contributed by atoms with van der Waals surface area (Å²) in [6, 6.07) is 73.2. The van der Waals surface area contributed by atoms with E-state index in [1.165, 1.54) is 33.4 Å². The minimum atomic E-state index is -0.477. The molecule has 2 aromatic heterocycles. The van der Waals surface area contributed by atoms with E-state index in [0.29, 0.717) is 5.82 Å². The Bertz CT molecular complexity index is 2960. The van der Waals surface area contributed by atoms with Crippen LogP contribution in [-0.4, -0.2) is 9.97 Å². The highest BCUT2D eigenvalue weighted by Crippen LogP contribution is 2.57. The molecule has 0 spiro atoms. The van der Waals surface area contributed by atoms with Crippen LogP contribution in [0, 0.1) is 0 Å². The lowest BCUT2D eigenvalue weighted by Crippen LogP contribution is -2.28. The Labute approximate surface area is 325 Å². The Hall–Kier alpha value is -7.36. The number of hydrogen-bond acceptors (Lipinski definition) is 3. The molecule has 0 fully saturated rings. The molecule has 0 bridgehead atoms. The molecule has 1 aliphatic rings. The first kappa shape index (κ1) is 32.1. The molecule has 0 unspecified atom stereocenters. The summed E-state index contributed by atoms with van der Waals surface area (Å²) in [6.45, 7) is 0. The van der Waals surface area contributed by atoms with Crippen molar-refractivity contribution in [2.45, 2.75) is 5.41 Å². The fraction of sp³-hybridized carbons (Fsp3) is 0.0189. The Morgan fingerprint density at radius 1 is 0.339 bits per heavy atom. The van der Waals surface area contributed by atoms with E-state index in [4.69, 9.17) is 14.4 Å². The summed E-state index contributed by atoms with van der Waals surface area (Å²) < 4.78 is 6.72. The third-order valence-corrected chi connectivity index (χ3v) is 11.4. The summed E-state index contributed by atoms with van der Waals surface area (Å²) in [5.41, 5.74) is 15.9. The lowest BCUT2D eigenvalue weighted by Gasteiger charge is -2.33. The number of hydrogen-bond donors (Lipinski definition) is 0. The molecule has 0 aliphatic heterocycles. The van der Waals surface area contributed by atoms with E-state index < -0.39 is 5.41 Å². The van der Waals surface area contributed by atoms with Gasteiger partial charge in [-0.15, -0.1) is 0 Å². The first-order valence-corrected chi connectivity index (χ1v) is 19.1. The van der Waals surface area contributed by atoms with Crippen molar-refractivity contribution in [1.82, 2.24) is 9.97 Å². The Kier molecular flexibility index (Phi) is 7.39. The van der Waals surface area contributed by atoms with E-state index in [1.807, 2.05) is 36.4 Å². The van der Waals surface area contributed by atoms with E-state index in [9.17, 15) is 0 Å². The van der Waals surface area contributed by atoms with Crippen LogP contribution in [0.1, 0.15) is 22.3 Å². The number of nitrogens with zero attached hydrogens (tertiary/aromatic N) is 2. The molecule has 0 radical (unpaired) electrons. The van der Waals surface area contributed by atoms with Crippen molar-refractivity contribution in [2.75, 3.05) is 0 Å². The van der Waals surface area contributed by atoms with E-state index in [-0.39, 0.29) is 0 Å². The molecule has 0 atom stereocenters. The van der Waals surface area contributed by atoms with Gasteiger partial charge >= 0.3 is 0 Å². The van der Waals surface area contributed by atoms with Crippen LogP contribution >= 0.6 is 0 Å². The zero-order valence-corrected chi connectivity index (χ0v) is 30.4. The lowest BCUT2D eigenvalue weighted by atomic mass is 9.67. The van der Waals surface area contributed by atoms with Gasteiger partial charge in [-0.1, -0.05) is 170 Å². The van der Waals surface area contributed by atoms with Crippen molar-refractivity contribution in [3.63, 3.8) is 0 Å². The minimum Gasteiger partial charge on any atom is -0.456 e. The van der Waals surface area contributed by atoms with Crippen LogP contribution in [-0.2, 0) is 5.41 Å². The third kappa shape index (κ3) is 5.05. The summed E-state index contributed by atoms with van der Waals surface area (Å²) >= 11 is 0. The highest BCUT2D eigenvalue weighted by Gasteiger charge is 2.46. The van der Waals surface area contributed by atoms with Crippen LogP contribution in [0.3, 0.4) is 0 Å². The van der Waals surface area contributed by atoms with Crippen molar-refractivity contribution in [2.24, 2.45) is 0 Å². The second-order valence-electron chi connectivity index (χ2n) is 14.5. The van der Waals surface area contributed by atoms with Crippen molar-refractivity contribution in [3.05, 3.63) is 229 Å². The van der Waals surface area contributed by atoms with Crippen LogP contribution in [0.15, 0.2) is 211 Å². The van der Waals surface area contributed by atoms with Gasteiger partial charge in [0.05, 0.1) is 16.8 Å². The van der Waals surface area contributed by atoms with Crippen LogP contribution in [0.5, 0.6) is 0 Å². The molecule has 10 aromatic rings. The van der Waals surface area contributed by atoms with E-state index in [1.54, 1.807) is 0 Å². The normalized spacial score (nSPS) is 12.8. The van der Waals surface area contributed by atoms with Crippen molar-refractivity contribution >= 4 is 21.9 Å². The van der Waals surface area contributed by atoms with Crippen LogP contribution in [0.4, 0.5) is 0 Å². The first-order valence-electron chi connectivity index (χ1n) is 19.1. The molecular weight excluding hydrogens is 681 g/mol. The lowest BCUT2D eigenvalue weighted by molar-refractivity contribution is 0.666. The predicted octanol–water partition coefficient (Wildman–Crippen LogP) is 13.4. The molecule has 0 amide bonds. The Balaban J connectivity index is 1.06. The molecule has 0 saturated heterocycles. The van der Waals surface area contributed by atoms with Gasteiger partial charge in [0.25, 0.3) is 0 Å². The first-order chi connectivity index (χ1) is 27.7. The predicted molar refractivity (Wildman–Crippen MR) is 228 cm³/mol.